The minimum Gasteiger partial charge on any atom is -0.370 e. The Hall–Kier alpha value is -1.00. The number of nitrogens with one attached hydrogen (secondary N) is 1. The first-order chi connectivity index (χ1) is 9.98. The third-order valence-electron chi connectivity index (χ3n) is 4.57. The normalized spacial score (nSPS) is 18.2. The number of aryl methyl sites for hydroxylation is 2. The van der Waals surface area contributed by atoms with E-state index in [1.807, 2.05) is 0 Å². The first-order valence-corrected chi connectivity index (χ1v) is 8.11. The van der Waals surface area contributed by atoms with E-state index >= 15 is 0 Å². The van der Waals surface area contributed by atoms with Crippen LogP contribution < -0.4 is 5.32 Å². The second kappa shape index (κ2) is 6.84. The highest BCUT2D eigenvalue weighted by Gasteiger charge is 2.37. The van der Waals surface area contributed by atoms with Gasteiger partial charge in [0.2, 0.25) is 0 Å². The van der Waals surface area contributed by atoms with Crippen LogP contribution in [0.3, 0.4) is 0 Å². The quantitative estimate of drug-likeness (QED) is 0.903. The zero-order valence-corrected chi connectivity index (χ0v) is 14.1. The third kappa shape index (κ3) is 3.61. The molecule has 1 aliphatic carbocycles. The van der Waals surface area contributed by atoms with Gasteiger partial charge in [0.25, 0.3) is 0 Å². The lowest BCUT2D eigenvalue weighted by atomic mass is 9.83. The molecule has 1 fully saturated rings. The van der Waals surface area contributed by atoms with Gasteiger partial charge in [-0.15, -0.1) is 0 Å². The fraction of sp³-hybridized carbons (Fsp3) is 0.765. The molecular formula is C17H29N3O. The SMILES string of the molecule is COC1(c2nc(C)c(CNC(C)C)c(C)n2)CCCCC1. The molecule has 0 atom stereocenters. The van der Waals surface area contributed by atoms with Crippen LogP contribution in [0.5, 0.6) is 0 Å². The van der Waals surface area contributed by atoms with Crippen molar-refractivity contribution in [3.63, 3.8) is 0 Å². The number of hydrogen-bond acceptors (Lipinski definition) is 4. The van der Waals surface area contributed by atoms with Gasteiger partial charge in [-0.3, -0.25) is 0 Å². The Bertz CT molecular complexity index is 456. The summed E-state index contributed by atoms with van der Waals surface area (Å²) in [6.07, 6.45) is 5.76. The molecule has 0 radical (unpaired) electrons. The third-order valence-corrected chi connectivity index (χ3v) is 4.57. The van der Waals surface area contributed by atoms with E-state index in [1.54, 1.807) is 7.11 Å². The summed E-state index contributed by atoms with van der Waals surface area (Å²) in [5, 5.41) is 3.45. The summed E-state index contributed by atoms with van der Waals surface area (Å²) in [4.78, 5) is 9.60. The summed E-state index contributed by atoms with van der Waals surface area (Å²) in [7, 11) is 1.80. The van der Waals surface area contributed by atoms with Crippen LogP contribution in [0.2, 0.25) is 0 Å². The van der Waals surface area contributed by atoms with Crippen LogP contribution in [0.15, 0.2) is 0 Å². The average Bonchev–Trinajstić information content (AvgIpc) is 2.46. The van der Waals surface area contributed by atoms with Crippen molar-refractivity contribution in [2.45, 2.75) is 78.0 Å². The molecule has 4 nitrogen and oxygen atoms in total. The molecule has 0 bridgehead atoms. The first-order valence-electron chi connectivity index (χ1n) is 8.11. The van der Waals surface area contributed by atoms with Gasteiger partial charge in [0.1, 0.15) is 5.60 Å². The molecule has 0 aliphatic heterocycles. The van der Waals surface area contributed by atoms with Crippen LogP contribution in [0.4, 0.5) is 0 Å². The smallest absolute Gasteiger partial charge is 0.160 e. The highest BCUT2D eigenvalue weighted by atomic mass is 16.5. The second-order valence-corrected chi connectivity index (χ2v) is 6.49. The Balaban J connectivity index is 2.29. The van der Waals surface area contributed by atoms with E-state index in [1.165, 1.54) is 24.8 Å². The van der Waals surface area contributed by atoms with Crippen molar-refractivity contribution in [3.05, 3.63) is 22.8 Å². The topological polar surface area (TPSA) is 47.0 Å². The van der Waals surface area contributed by atoms with E-state index in [2.05, 4.69) is 33.0 Å². The average molecular weight is 291 g/mol. The monoisotopic (exact) mass is 291 g/mol. The molecule has 4 heteroatoms. The standard InChI is InChI=1S/C17H29N3O/c1-12(2)18-11-15-13(3)19-16(20-14(15)4)17(21-5)9-7-6-8-10-17/h12,18H,6-11H2,1-5H3. The Kier molecular flexibility index (Phi) is 5.33. The molecule has 0 spiro atoms. The molecule has 1 saturated carbocycles. The van der Waals surface area contributed by atoms with E-state index in [4.69, 9.17) is 14.7 Å². The van der Waals surface area contributed by atoms with Gasteiger partial charge in [-0.1, -0.05) is 33.1 Å². The maximum atomic E-state index is 5.87. The van der Waals surface area contributed by atoms with Gasteiger partial charge in [-0.2, -0.15) is 0 Å². The van der Waals surface area contributed by atoms with Crippen LogP contribution in [-0.2, 0) is 16.9 Å². The summed E-state index contributed by atoms with van der Waals surface area (Å²) in [5.41, 5.74) is 3.10. The number of rotatable bonds is 5. The Morgan fingerprint density at radius 3 is 2.14 bits per heavy atom. The zero-order valence-electron chi connectivity index (χ0n) is 14.1. The summed E-state index contributed by atoms with van der Waals surface area (Å²) < 4.78 is 5.87. The zero-order chi connectivity index (χ0) is 15.5. The number of aromatic nitrogens is 2. The molecular weight excluding hydrogens is 262 g/mol. The Morgan fingerprint density at radius 1 is 1.10 bits per heavy atom. The highest BCUT2D eigenvalue weighted by molar-refractivity contribution is 5.26. The summed E-state index contributed by atoms with van der Waals surface area (Å²) in [6.45, 7) is 9.31. The fourth-order valence-corrected chi connectivity index (χ4v) is 3.15. The van der Waals surface area contributed by atoms with Crippen molar-refractivity contribution >= 4 is 0 Å². The lowest BCUT2D eigenvalue weighted by molar-refractivity contribution is -0.0517. The second-order valence-electron chi connectivity index (χ2n) is 6.49. The number of hydrogen-bond donors (Lipinski definition) is 1. The van der Waals surface area contributed by atoms with Gasteiger partial charge in [-0.25, -0.2) is 9.97 Å². The van der Waals surface area contributed by atoms with Gasteiger partial charge in [0, 0.05) is 36.6 Å². The molecule has 1 aliphatic rings. The van der Waals surface area contributed by atoms with E-state index in [9.17, 15) is 0 Å². The predicted molar refractivity (Wildman–Crippen MR) is 85.3 cm³/mol. The van der Waals surface area contributed by atoms with Gasteiger partial charge < -0.3 is 10.1 Å². The molecule has 0 saturated heterocycles. The van der Waals surface area contributed by atoms with Crippen molar-refractivity contribution in [2.24, 2.45) is 0 Å². The molecule has 1 N–H and O–H groups in total. The van der Waals surface area contributed by atoms with Crippen LogP contribution in [0.1, 0.15) is 68.7 Å². The van der Waals surface area contributed by atoms with Crippen LogP contribution in [0, 0.1) is 13.8 Å². The molecule has 0 aromatic carbocycles. The van der Waals surface area contributed by atoms with Crippen LogP contribution in [0.25, 0.3) is 0 Å². The first kappa shape index (κ1) is 16.4. The lowest BCUT2D eigenvalue weighted by Crippen LogP contribution is -2.34. The predicted octanol–water partition coefficient (Wildman–Crippen LogP) is 3.40. The van der Waals surface area contributed by atoms with E-state index in [-0.39, 0.29) is 5.60 Å². The van der Waals surface area contributed by atoms with Gasteiger partial charge in [0.05, 0.1) is 0 Å². The minimum absolute atomic E-state index is 0.266. The maximum Gasteiger partial charge on any atom is 0.160 e. The van der Waals surface area contributed by atoms with Gasteiger partial charge in [0.15, 0.2) is 5.82 Å². The van der Waals surface area contributed by atoms with Crippen molar-refractivity contribution < 1.29 is 4.74 Å². The highest BCUT2D eigenvalue weighted by Crippen LogP contribution is 2.38. The number of nitrogens with zero attached hydrogens (tertiary/aromatic N) is 2. The molecule has 1 heterocycles. The van der Waals surface area contributed by atoms with Crippen molar-refractivity contribution in [1.82, 2.24) is 15.3 Å². The van der Waals surface area contributed by atoms with Crippen molar-refractivity contribution in [1.29, 1.82) is 0 Å². The maximum absolute atomic E-state index is 5.87. The van der Waals surface area contributed by atoms with Gasteiger partial charge >= 0.3 is 0 Å². The Labute approximate surface area is 128 Å². The van der Waals surface area contributed by atoms with Gasteiger partial charge in [-0.05, 0) is 26.7 Å². The van der Waals surface area contributed by atoms with Crippen LogP contribution >= 0.6 is 0 Å². The van der Waals surface area contributed by atoms with Crippen molar-refractivity contribution in [2.75, 3.05) is 7.11 Å². The molecule has 118 valence electrons. The largest absolute Gasteiger partial charge is 0.370 e. The Morgan fingerprint density at radius 2 is 1.67 bits per heavy atom. The lowest BCUT2D eigenvalue weighted by Gasteiger charge is -2.35. The molecule has 1 aromatic rings. The van der Waals surface area contributed by atoms with E-state index < -0.39 is 0 Å². The van der Waals surface area contributed by atoms with E-state index in [0.29, 0.717) is 6.04 Å². The summed E-state index contributed by atoms with van der Waals surface area (Å²) in [6, 6.07) is 0.465. The van der Waals surface area contributed by atoms with Crippen molar-refractivity contribution in [3.8, 4) is 0 Å². The van der Waals surface area contributed by atoms with Crippen LogP contribution in [-0.4, -0.2) is 23.1 Å². The molecule has 2 rings (SSSR count). The minimum atomic E-state index is -0.266. The number of ether oxygens (including phenoxy) is 1. The summed E-state index contributed by atoms with van der Waals surface area (Å²) >= 11 is 0. The number of methoxy groups -OCH3 is 1. The molecule has 0 amide bonds. The fourth-order valence-electron chi connectivity index (χ4n) is 3.15. The summed E-state index contributed by atoms with van der Waals surface area (Å²) in [5.74, 6) is 0.882. The molecule has 0 unspecified atom stereocenters. The molecule has 21 heavy (non-hydrogen) atoms. The molecule has 1 aromatic heterocycles. The van der Waals surface area contributed by atoms with E-state index in [0.717, 1.165) is 36.6 Å².